The SMILES string of the molecule is CC1OCCC1(C)N1C(=O)CNC(=O)C1c1ccccc1. The Labute approximate surface area is 124 Å². The first kappa shape index (κ1) is 14.1. The zero-order chi connectivity index (χ0) is 15.0. The van der Waals surface area contributed by atoms with Crippen LogP contribution in [0, 0.1) is 0 Å². The third-order valence-electron chi connectivity index (χ3n) is 4.71. The second-order valence-electron chi connectivity index (χ2n) is 5.91. The molecule has 1 aromatic rings. The number of amides is 2. The van der Waals surface area contributed by atoms with Crippen LogP contribution in [0.3, 0.4) is 0 Å². The van der Waals surface area contributed by atoms with Gasteiger partial charge in [0.05, 0.1) is 18.2 Å². The Balaban J connectivity index is 2.05. The normalized spacial score (nSPS) is 33.1. The van der Waals surface area contributed by atoms with E-state index in [9.17, 15) is 9.59 Å². The van der Waals surface area contributed by atoms with E-state index in [1.54, 1.807) is 4.90 Å². The largest absolute Gasteiger partial charge is 0.376 e. The summed E-state index contributed by atoms with van der Waals surface area (Å²) in [5.74, 6) is -0.176. The minimum atomic E-state index is -0.582. The molecule has 112 valence electrons. The maximum atomic E-state index is 12.5. The van der Waals surface area contributed by atoms with Crippen LogP contribution in [0.25, 0.3) is 0 Å². The average molecular weight is 288 g/mol. The quantitative estimate of drug-likeness (QED) is 0.891. The summed E-state index contributed by atoms with van der Waals surface area (Å²) in [4.78, 5) is 26.7. The maximum absolute atomic E-state index is 12.5. The number of hydrogen-bond donors (Lipinski definition) is 1. The molecule has 2 heterocycles. The Kier molecular flexibility index (Phi) is 3.45. The molecule has 0 aliphatic carbocycles. The van der Waals surface area contributed by atoms with Crippen molar-refractivity contribution in [3.63, 3.8) is 0 Å². The molecule has 2 aliphatic rings. The zero-order valence-electron chi connectivity index (χ0n) is 12.3. The summed E-state index contributed by atoms with van der Waals surface area (Å²) in [5.41, 5.74) is 0.387. The lowest BCUT2D eigenvalue weighted by molar-refractivity contribution is -0.155. The van der Waals surface area contributed by atoms with Crippen molar-refractivity contribution in [2.24, 2.45) is 0 Å². The van der Waals surface area contributed by atoms with Gasteiger partial charge in [0.2, 0.25) is 11.8 Å². The number of rotatable bonds is 2. The third kappa shape index (κ3) is 2.21. The molecule has 5 heteroatoms. The van der Waals surface area contributed by atoms with Crippen molar-refractivity contribution in [2.75, 3.05) is 13.2 Å². The number of piperazine rings is 1. The number of carbonyl (C=O) groups excluding carboxylic acids is 2. The first-order valence-electron chi connectivity index (χ1n) is 7.30. The number of ether oxygens (including phenoxy) is 1. The Morgan fingerprint density at radius 2 is 2.00 bits per heavy atom. The molecule has 2 fully saturated rings. The van der Waals surface area contributed by atoms with Gasteiger partial charge in [-0.2, -0.15) is 0 Å². The molecule has 3 rings (SSSR count). The smallest absolute Gasteiger partial charge is 0.247 e. The van der Waals surface area contributed by atoms with E-state index in [0.29, 0.717) is 6.61 Å². The minimum Gasteiger partial charge on any atom is -0.376 e. The predicted molar refractivity (Wildman–Crippen MR) is 77.5 cm³/mol. The van der Waals surface area contributed by atoms with Gasteiger partial charge in [0.25, 0.3) is 0 Å². The molecule has 5 nitrogen and oxygen atoms in total. The fraction of sp³-hybridized carbons (Fsp3) is 0.500. The summed E-state index contributed by atoms with van der Waals surface area (Å²) >= 11 is 0. The second-order valence-corrected chi connectivity index (χ2v) is 5.91. The van der Waals surface area contributed by atoms with Gasteiger partial charge in [0.15, 0.2) is 0 Å². The Hall–Kier alpha value is -1.88. The maximum Gasteiger partial charge on any atom is 0.247 e. The summed E-state index contributed by atoms with van der Waals surface area (Å²) in [7, 11) is 0. The van der Waals surface area contributed by atoms with Crippen molar-refractivity contribution in [1.82, 2.24) is 10.2 Å². The number of carbonyl (C=O) groups is 2. The van der Waals surface area contributed by atoms with E-state index in [0.717, 1.165) is 12.0 Å². The summed E-state index contributed by atoms with van der Waals surface area (Å²) in [5, 5.41) is 2.69. The first-order chi connectivity index (χ1) is 10.0. The summed E-state index contributed by atoms with van der Waals surface area (Å²) in [6, 6.07) is 8.87. The Bertz CT molecular complexity index is 560. The number of hydrogen-bond acceptors (Lipinski definition) is 3. The molecule has 1 N–H and O–H groups in total. The van der Waals surface area contributed by atoms with Crippen LogP contribution >= 0.6 is 0 Å². The number of nitrogens with zero attached hydrogens (tertiary/aromatic N) is 1. The van der Waals surface area contributed by atoms with Gasteiger partial charge in [-0.15, -0.1) is 0 Å². The molecule has 2 saturated heterocycles. The lowest BCUT2D eigenvalue weighted by Crippen LogP contribution is -2.63. The molecule has 2 aliphatic heterocycles. The molecule has 3 atom stereocenters. The predicted octanol–water partition coefficient (Wildman–Crippen LogP) is 1.25. The fourth-order valence-electron chi connectivity index (χ4n) is 3.26. The fourth-order valence-corrected chi connectivity index (χ4v) is 3.26. The van der Waals surface area contributed by atoms with E-state index < -0.39 is 11.6 Å². The van der Waals surface area contributed by atoms with E-state index in [2.05, 4.69) is 5.32 Å². The van der Waals surface area contributed by atoms with Gasteiger partial charge < -0.3 is 15.0 Å². The highest BCUT2D eigenvalue weighted by Crippen LogP contribution is 2.39. The molecule has 0 bridgehead atoms. The average Bonchev–Trinajstić information content (AvgIpc) is 2.82. The van der Waals surface area contributed by atoms with Gasteiger partial charge in [0.1, 0.15) is 6.04 Å². The van der Waals surface area contributed by atoms with Crippen LogP contribution in [0.5, 0.6) is 0 Å². The van der Waals surface area contributed by atoms with Crippen LogP contribution in [-0.4, -0.2) is 41.5 Å². The molecular formula is C16H20N2O3. The zero-order valence-corrected chi connectivity index (χ0v) is 12.3. The molecule has 1 aromatic carbocycles. The van der Waals surface area contributed by atoms with E-state index in [-0.39, 0.29) is 24.5 Å². The van der Waals surface area contributed by atoms with Crippen LogP contribution in [0.2, 0.25) is 0 Å². The third-order valence-corrected chi connectivity index (χ3v) is 4.71. The molecule has 0 saturated carbocycles. The first-order valence-corrected chi connectivity index (χ1v) is 7.30. The topological polar surface area (TPSA) is 58.6 Å². The van der Waals surface area contributed by atoms with Gasteiger partial charge >= 0.3 is 0 Å². The number of benzene rings is 1. The van der Waals surface area contributed by atoms with Gasteiger partial charge in [0, 0.05) is 6.61 Å². The molecule has 0 spiro atoms. The van der Waals surface area contributed by atoms with Crippen molar-refractivity contribution in [1.29, 1.82) is 0 Å². The standard InChI is InChI=1S/C16H20N2O3/c1-11-16(2,8-9-21-11)18-13(19)10-17-15(20)14(18)12-6-4-3-5-7-12/h3-7,11,14H,8-10H2,1-2H3,(H,17,20). The van der Waals surface area contributed by atoms with Crippen molar-refractivity contribution in [3.05, 3.63) is 35.9 Å². The Morgan fingerprint density at radius 3 is 2.62 bits per heavy atom. The second kappa shape index (κ2) is 5.15. The summed E-state index contributed by atoms with van der Waals surface area (Å²) in [6.07, 6.45) is 0.662. The van der Waals surface area contributed by atoms with Gasteiger partial charge in [-0.05, 0) is 25.8 Å². The van der Waals surface area contributed by atoms with Crippen LogP contribution in [0.1, 0.15) is 31.9 Å². The molecule has 3 unspecified atom stereocenters. The minimum absolute atomic E-state index is 0.0525. The monoisotopic (exact) mass is 288 g/mol. The highest BCUT2D eigenvalue weighted by Gasteiger charge is 2.51. The Morgan fingerprint density at radius 1 is 1.29 bits per heavy atom. The highest BCUT2D eigenvalue weighted by atomic mass is 16.5. The summed E-state index contributed by atoms with van der Waals surface area (Å²) < 4.78 is 5.66. The lowest BCUT2D eigenvalue weighted by Gasteiger charge is -2.47. The number of nitrogens with one attached hydrogen (secondary N) is 1. The molecular weight excluding hydrogens is 268 g/mol. The van der Waals surface area contributed by atoms with Gasteiger partial charge in [-0.3, -0.25) is 9.59 Å². The van der Waals surface area contributed by atoms with E-state index in [1.165, 1.54) is 0 Å². The van der Waals surface area contributed by atoms with Gasteiger partial charge in [-0.25, -0.2) is 0 Å². The van der Waals surface area contributed by atoms with E-state index >= 15 is 0 Å². The van der Waals surface area contributed by atoms with Crippen LogP contribution in [0.15, 0.2) is 30.3 Å². The molecule has 2 amide bonds. The van der Waals surface area contributed by atoms with Crippen molar-refractivity contribution in [2.45, 2.75) is 38.0 Å². The lowest BCUT2D eigenvalue weighted by atomic mass is 9.87. The van der Waals surface area contributed by atoms with E-state index in [1.807, 2.05) is 44.2 Å². The molecule has 0 aromatic heterocycles. The summed E-state index contributed by atoms with van der Waals surface area (Å²) in [6.45, 7) is 4.65. The highest BCUT2D eigenvalue weighted by molar-refractivity contribution is 5.96. The van der Waals surface area contributed by atoms with E-state index in [4.69, 9.17) is 4.74 Å². The van der Waals surface area contributed by atoms with Crippen molar-refractivity contribution >= 4 is 11.8 Å². The molecule has 0 radical (unpaired) electrons. The molecule has 21 heavy (non-hydrogen) atoms. The van der Waals surface area contributed by atoms with Crippen LogP contribution < -0.4 is 5.32 Å². The van der Waals surface area contributed by atoms with Crippen LogP contribution in [-0.2, 0) is 14.3 Å². The van der Waals surface area contributed by atoms with Crippen molar-refractivity contribution < 1.29 is 14.3 Å². The van der Waals surface area contributed by atoms with Gasteiger partial charge in [-0.1, -0.05) is 30.3 Å². The van der Waals surface area contributed by atoms with Crippen LogP contribution in [0.4, 0.5) is 0 Å². The van der Waals surface area contributed by atoms with Crippen molar-refractivity contribution in [3.8, 4) is 0 Å².